The number of aliphatic hydroxyl groups is 1. The molecule has 16 heavy (non-hydrogen) atoms. The highest BCUT2D eigenvalue weighted by Crippen LogP contribution is 2.08. The van der Waals surface area contributed by atoms with Gasteiger partial charge in [0.15, 0.2) is 0 Å². The zero-order valence-electron chi connectivity index (χ0n) is 8.80. The Kier molecular flexibility index (Phi) is 3.37. The molecule has 2 rings (SSSR count). The summed E-state index contributed by atoms with van der Waals surface area (Å²) in [5.41, 5.74) is 2.04. The van der Waals surface area contributed by atoms with Crippen LogP contribution in [0.1, 0.15) is 11.1 Å². The lowest BCUT2D eigenvalue weighted by Gasteiger charge is -2.04. The molecule has 0 saturated heterocycles. The van der Waals surface area contributed by atoms with Gasteiger partial charge in [0.25, 0.3) is 0 Å². The molecule has 0 aliphatic carbocycles. The molecule has 3 heteroatoms. The van der Waals surface area contributed by atoms with Gasteiger partial charge in [-0.25, -0.2) is 0 Å². The lowest BCUT2D eigenvalue weighted by molar-refractivity contribution is 0.350. The summed E-state index contributed by atoms with van der Waals surface area (Å²) in [4.78, 5) is 0. The summed E-state index contributed by atoms with van der Waals surface area (Å²) < 4.78 is 1.85. The van der Waals surface area contributed by atoms with Gasteiger partial charge in [-0.05, 0) is 17.7 Å². The minimum absolute atomic E-state index is 0.115. The summed E-state index contributed by atoms with van der Waals surface area (Å²) in [5.74, 6) is 5.59. The van der Waals surface area contributed by atoms with Gasteiger partial charge in [0.05, 0.1) is 6.54 Å². The van der Waals surface area contributed by atoms with Gasteiger partial charge in [0.2, 0.25) is 0 Å². The van der Waals surface area contributed by atoms with Gasteiger partial charge in [-0.3, -0.25) is 4.68 Å². The maximum absolute atomic E-state index is 8.68. The van der Waals surface area contributed by atoms with Crippen molar-refractivity contribution in [2.24, 2.45) is 0 Å². The van der Waals surface area contributed by atoms with E-state index < -0.39 is 0 Å². The van der Waals surface area contributed by atoms with Gasteiger partial charge in [-0.15, -0.1) is 0 Å². The molecular formula is C13H12N2O. The second kappa shape index (κ2) is 5.15. The van der Waals surface area contributed by atoms with Crippen LogP contribution in [0, 0.1) is 11.8 Å². The fourth-order valence-electron chi connectivity index (χ4n) is 1.48. The summed E-state index contributed by atoms with van der Waals surface area (Å²) >= 11 is 0. The van der Waals surface area contributed by atoms with Gasteiger partial charge in [-0.2, -0.15) is 5.10 Å². The molecule has 0 aliphatic rings. The molecule has 0 aliphatic heterocycles. The van der Waals surface area contributed by atoms with E-state index in [-0.39, 0.29) is 6.61 Å². The average Bonchev–Trinajstić information content (AvgIpc) is 2.81. The highest BCUT2D eigenvalue weighted by molar-refractivity contribution is 5.41. The van der Waals surface area contributed by atoms with E-state index in [9.17, 15) is 0 Å². The molecular weight excluding hydrogens is 200 g/mol. The molecule has 0 radical (unpaired) electrons. The largest absolute Gasteiger partial charge is 0.384 e. The molecule has 2 aromatic rings. The number of aliphatic hydroxyl groups excluding tert-OH is 1. The lowest BCUT2D eigenvalue weighted by Crippen LogP contribution is -2.01. The zero-order chi connectivity index (χ0) is 11.2. The van der Waals surface area contributed by atoms with E-state index in [1.54, 1.807) is 6.20 Å². The van der Waals surface area contributed by atoms with Crippen LogP contribution in [0.5, 0.6) is 0 Å². The van der Waals surface area contributed by atoms with Crippen LogP contribution in [0.2, 0.25) is 0 Å². The van der Waals surface area contributed by atoms with Gasteiger partial charge < -0.3 is 5.11 Å². The molecule has 1 heterocycles. The maximum Gasteiger partial charge on any atom is 0.104 e. The minimum atomic E-state index is -0.115. The summed E-state index contributed by atoms with van der Waals surface area (Å²) in [6.45, 7) is 0.583. The molecule has 0 unspecified atom stereocenters. The topological polar surface area (TPSA) is 38.0 Å². The lowest BCUT2D eigenvalue weighted by atomic mass is 10.1. The Labute approximate surface area is 94.3 Å². The Morgan fingerprint density at radius 2 is 2.12 bits per heavy atom. The normalized spacial score (nSPS) is 9.56. The van der Waals surface area contributed by atoms with Crippen molar-refractivity contribution in [3.8, 4) is 11.8 Å². The highest BCUT2D eigenvalue weighted by atomic mass is 16.2. The van der Waals surface area contributed by atoms with E-state index in [2.05, 4.69) is 16.9 Å². The van der Waals surface area contributed by atoms with Gasteiger partial charge in [-0.1, -0.05) is 30.0 Å². The Morgan fingerprint density at radius 3 is 2.88 bits per heavy atom. The average molecular weight is 212 g/mol. The second-order valence-electron chi connectivity index (χ2n) is 3.32. The predicted octanol–water partition coefficient (Wildman–Crippen LogP) is 1.28. The SMILES string of the molecule is OCC#Cc1ccccc1Cn1cccn1. The number of hydrogen-bond donors (Lipinski definition) is 1. The van der Waals surface area contributed by atoms with Gasteiger partial charge >= 0.3 is 0 Å². The van der Waals surface area contributed by atoms with E-state index in [1.807, 2.05) is 41.2 Å². The highest BCUT2D eigenvalue weighted by Gasteiger charge is 1.99. The molecule has 1 aromatic carbocycles. The third-order valence-corrected chi connectivity index (χ3v) is 2.21. The van der Waals surface area contributed by atoms with E-state index >= 15 is 0 Å². The van der Waals surface area contributed by atoms with Crippen molar-refractivity contribution in [2.45, 2.75) is 6.54 Å². The van der Waals surface area contributed by atoms with Crippen molar-refractivity contribution in [3.63, 3.8) is 0 Å². The molecule has 3 nitrogen and oxygen atoms in total. The molecule has 0 atom stereocenters. The Hall–Kier alpha value is -2.05. The van der Waals surface area contributed by atoms with Crippen LogP contribution in [-0.2, 0) is 6.54 Å². The molecule has 0 saturated carbocycles. The number of nitrogens with zero attached hydrogens (tertiary/aromatic N) is 2. The summed E-state index contributed by atoms with van der Waals surface area (Å²) in [6.07, 6.45) is 3.66. The van der Waals surface area contributed by atoms with Crippen LogP contribution in [0.4, 0.5) is 0 Å². The van der Waals surface area contributed by atoms with E-state index in [0.717, 1.165) is 11.1 Å². The zero-order valence-corrected chi connectivity index (χ0v) is 8.80. The van der Waals surface area contributed by atoms with Gasteiger partial charge in [0.1, 0.15) is 6.61 Å². The number of hydrogen-bond acceptors (Lipinski definition) is 2. The first kappa shape index (κ1) is 10.5. The van der Waals surface area contributed by atoms with Crippen molar-refractivity contribution in [3.05, 3.63) is 53.9 Å². The molecule has 1 aromatic heterocycles. The predicted molar refractivity (Wildman–Crippen MR) is 61.7 cm³/mol. The van der Waals surface area contributed by atoms with E-state index in [4.69, 9.17) is 5.11 Å². The molecule has 0 spiro atoms. The van der Waals surface area contributed by atoms with E-state index in [0.29, 0.717) is 6.54 Å². The number of benzene rings is 1. The molecule has 1 N–H and O–H groups in total. The summed E-state index contributed by atoms with van der Waals surface area (Å²) in [5, 5.41) is 12.8. The molecule has 0 bridgehead atoms. The smallest absolute Gasteiger partial charge is 0.104 e. The van der Waals surface area contributed by atoms with Crippen molar-refractivity contribution >= 4 is 0 Å². The monoisotopic (exact) mass is 212 g/mol. The Morgan fingerprint density at radius 1 is 1.25 bits per heavy atom. The fourth-order valence-corrected chi connectivity index (χ4v) is 1.48. The van der Waals surface area contributed by atoms with Crippen LogP contribution >= 0.6 is 0 Å². The quantitative estimate of drug-likeness (QED) is 0.761. The first-order valence-electron chi connectivity index (χ1n) is 5.05. The van der Waals surface area contributed by atoms with Crippen LogP contribution < -0.4 is 0 Å². The third-order valence-electron chi connectivity index (χ3n) is 2.21. The maximum atomic E-state index is 8.68. The van der Waals surface area contributed by atoms with E-state index in [1.165, 1.54) is 0 Å². The molecule has 0 amide bonds. The summed E-state index contributed by atoms with van der Waals surface area (Å²) in [7, 11) is 0. The first-order chi connectivity index (χ1) is 7.90. The summed E-state index contributed by atoms with van der Waals surface area (Å²) in [6, 6.07) is 9.77. The van der Waals surface area contributed by atoms with Crippen LogP contribution in [0.3, 0.4) is 0 Å². The molecule has 0 fully saturated rings. The van der Waals surface area contributed by atoms with Crippen LogP contribution in [0.25, 0.3) is 0 Å². The third kappa shape index (κ3) is 2.50. The first-order valence-corrected chi connectivity index (χ1v) is 5.05. The van der Waals surface area contributed by atoms with Gasteiger partial charge in [0, 0.05) is 18.0 Å². The standard InChI is InChI=1S/C13H12N2O/c16-10-3-7-12-5-1-2-6-13(12)11-15-9-4-8-14-15/h1-2,4-6,8-9,16H,10-11H2. The number of aromatic nitrogens is 2. The number of rotatable bonds is 2. The molecule has 80 valence electrons. The Balaban J connectivity index is 2.26. The van der Waals surface area contributed by atoms with Crippen molar-refractivity contribution in [1.82, 2.24) is 9.78 Å². The van der Waals surface area contributed by atoms with Crippen LogP contribution in [-0.4, -0.2) is 21.5 Å². The second-order valence-corrected chi connectivity index (χ2v) is 3.32. The van der Waals surface area contributed by atoms with Crippen molar-refractivity contribution in [2.75, 3.05) is 6.61 Å². The van der Waals surface area contributed by atoms with Crippen molar-refractivity contribution in [1.29, 1.82) is 0 Å². The minimum Gasteiger partial charge on any atom is -0.384 e. The van der Waals surface area contributed by atoms with Crippen molar-refractivity contribution < 1.29 is 5.11 Å². The Bertz CT molecular complexity index is 506. The fraction of sp³-hybridized carbons (Fsp3) is 0.154. The van der Waals surface area contributed by atoms with Crippen LogP contribution in [0.15, 0.2) is 42.7 Å².